The number of hydrogen-bond acceptors (Lipinski definition) is 4. The highest BCUT2D eigenvalue weighted by molar-refractivity contribution is 5.93. The van der Waals surface area contributed by atoms with Crippen LogP contribution in [-0.2, 0) is 9.53 Å². The average Bonchev–Trinajstić information content (AvgIpc) is 2.25. The molecule has 0 radical (unpaired) electrons. The van der Waals surface area contributed by atoms with E-state index in [0.29, 0.717) is 5.56 Å². The van der Waals surface area contributed by atoms with Crippen LogP contribution in [0.5, 0.6) is 5.75 Å². The Morgan fingerprint density at radius 2 is 2.12 bits per heavy atom. The van der Waals surface area contributed by atoms with Crippen molar-refractivity contribution in [2.75, 3.05) is 7.11 Å². The predicted octanol–water partition coefficient (Wildman–Crippen LogP) is 0.677. The molecule has 0 heterocycles. The average molecular weight is 221 g/mol. The van der Waals surface area contributed by atoms with Gasteiger partial charge in [0.1, 0.15) is 11.3 Å². The fourth-order valence-corrected chi connectivity index (χ4v) is 1.11. The van der Waals surface area contributed by atoms with E-state index in [1.807, 2.05) is 0 Å². The summed E-state index contributed by atoms with van der Waals surface area (Å²) in [5.74, 6) is -1.42. The molecular formula is C11H11NO4. The van der Waals surface area contributed by atoms with E-state index in [0.717, 1.165) is 6.08 Å². The number of amides is 1. The zero-order chi connectivity index (χ0) is 12.1. The lowest BCUT2D eigenvalue weighted by atomic mass is 10.1. The second kappa shape index (κ2) is 4.97. The fraction of sp³-hybridized carbons (Fsp3) is 0.0909. The molecule has 1 rings (SSSR count). The summed E-state index contributed by atoms with van der Waals surface area (Å²) < 4.78 is 4.46. The van der Waals surface area contributed by atoms with Crippen LogP contribution in [0.3, 0.4) is 0 Å². The van der Waals surface area contributed by atoms with Crippen molar-refractivity contribution < 1.29 is 19.4 Å². The molecule has 0 fully saturated rings. The van der Waals surface area contributed by atoms with Gasteiger partial charge in [0.25, 0.3) is 0 Å². The van der Waals surface area contributed by atoms with Gasteiger partial charge in [-0.2, -0.15) is 0 Å². The first-order valence-corrected chi connectivity index (χ1v) is 4.43. The van der Waals surface area contributed by atoms with Gasteiger partial charge in [-0.05, 0) is 23.8 Å². The molecule has 1 aromatic rings. The minimum atomic E-state index is -0.622. The molecule has 5 nitrogen and oxygen atoms in total. The van der Waals surface area contributed by atoms with Gasteiger partial charge in [0.15, 0.2) is 0 Å². The number of primary amides is 1. The first kappa shape index (κ1) is 11.8. The molecule has 1 amide bonds. The van der Waals surface area contributed by atoms with E-state index >= 15 is 0 Å². The number of rotatable bonds is 3. The third-order valence-corrected chi connectivity index (χ3v) is 1.87. The van der Waals surface area contributed by atoms with Crippen LogP contribution in [0.25, 0.3) is 6.08 Å². The Balaban J connectivity index is 2.99. The third kappa shape index (κ3) is 2.84. The molecule has 0 saturated heterocycles. The Hall–Kier alpha value is -2.30. The number of carbonyl (C=O) groups is 2. The summed E-state index contributed by atoms with van der Waals surface area (Å²) in [6.45, 7) is 0. The van der Waals surface area contributed by atoms with Crippen molar-refractivity contribution in [3.05, 3.63) is 35.4 Å². The lowest BCUT2D eigenvalue weighted by Gasteiger charge is -2.02. The minimum absolute atomic E-state index is 0.0683. The molecule has 84 valence electrons. The molecule has 0 saturated carbocycles. The first-order chi connectivity index (χ1) is 7.54. The van der Waals surface area contributed by atoms with Crippen LogP contribution in [0, 0.1) is 0 Å². The first-order valence-electron chi connectivity index (χ1n) is 4.43. The highest BCUT2D eigenvalue weighted by Gasteiger charge is 2.10. The van der Waals surface area contributed by atoms with E-state index in [4.69, 9.17) is 5.73 Å². The number of nitrogens with two attached hydrogens (primary N) is 1. The number of benzene rings is 1. The van der Waals surface area contributed by atoms with Crippen LogP contribution in [0.15, 0.2) is 24.3 Å². The fourth-order valence-electron chi connectivity index (χ4n) is 1.11. The number of phenolic OH excluding ortho intramolecular Hbond substituents is 1. The maximum Gasteiger partial charge on any atom is 0.341 e. The van der Waals surface area contributed by atoms with E-state index in [2.05, 4.69) is 4.74 Å². The van der Waals surface area contributed by atoms with Crippen LogP contribution in [0.1, 0.15) is 15.9 Å². The van der Waals surface area contributed by atoms with Crippen molar-refractivity contribution in [3.63, 3.8) is 0 Å². The van der Waals surface area contributed by atoms with Crippen LogP contribution in [0.2, 0.25) is 0 Å². The summed E-state index contributed by atoms with van der Waals surface area (Å²) in [5, 5.41) is 9.51. The van der Waals surface area contributed by atoms with Crippen molar-refractivity contribution in [2.24, 2.45) is 5.73 Å². The summed E-state index contributed by atoms with van der Waals surface area (Å²) in [6, 6.07) is 4.30. The third-order valence-electron chi connectivity index (χ3n) is 1.87. The van der Waals surface area contributed by atoms with E-state index in [1.165, 1.54) is 25.3 Å². The molecule has 0 aliphatic carbocycles. The molecule has 0 atom stereocenters. The summed E-state index contributed by atoms with van der Waals surface area (Å²) in [7, 11) is 1.22. The van der Waals surface area contributed by atoms with Crippen LogP contribution >= 0.6 is 0 Å². The maximum absolute atomic E-state index is 11.1. The Morgan fingerprint density at radius 1 is 1.44 bits per heavy atom. The molecule has 0 aliphatic heterocycles. The second-order valence-electron chi connectivity index (χ2n) is 3.00. The van der Waals surface area contributed by atoms with Gasteiger partial charge in [-0.3, -0.25) is 4.79 Å². The largest absolute Gasteiger partial charge is 0.507 e. The normalized spacial score (nSPS) is 10.3. The molecule has 3 N–H and O–H groups in total. The summed E-state index contributed by atoms with van der Waals surface area (Å²) in [4.78, 5) is 21.6. The van der Waals surface area contributed by atoms with Gasteiger partial charge >= 0.3 is 5.97 Å². The second-order valence-corrected chi connectivity index (χ2v) is 3.00. The maximum atomic E-state index is 11.1. The number of phenols is 1. The highest BCUT2D eigenvalue weighted by Crippen LogP contribution is 2.20. The smallest absolute Gasteiger partial charge is 0.341 e. The van der Waals surface area contributed by atoms with Gasteiger partial charge in [0.05, 0.1) is 7.11 Å². The quantitative estimate of drug-likeness (QED) is 0.580. The van der Waals surface area contributed by atoms with Gasteiger partial charge in [-0.25, -0.2) is 4.79 Å². The van der Waals surface area contributed by atoms with Crippen molar-refractivity contribution in [1.29, 1.82) is 0 Å². The number of esters is 1. The molecule has 16 heavy (non-hydrogen) atoms. The van der Waals surface area contributed by atoms with Crippen molar-refractivity contribution in [3.8, 4) is 5.75 Å². The van der Waals surface area contributed by atoms with E-state index < -0.39 is 11.9 Å². The van der Waals surface area contributed by atoms with Crippen molar-refractivity contribution in [2.45, 2.75) is 0 Å². The van der Waals surface area contributed by atoms with Gasteiger partial charge in [-0.15, -0.1) is 0 Å². The number of methoxy groups -OCH3 is 1. The molecule has 0 aliphatic rings. The highest BCUT2D eigenvalue weighted by atomic mass is 16.5. The zero-order valence-corrected chi connectivity index (χ0v) is 8.64. The lowest BCUT2D eigenvalue weighted by Crippen LogP contribution is -2.05. The molecule has 0 unspecified atom stereocenters. The van der Waals surface area contributed by atoms with E-state index in [-0.39, 0.29) is 11.3 Å². The van der Waals surface area contributed by atoms with Gasteiger partial charge < -0.3 is 15.6 Å². The van der Waals surface area contributed by atoms with Gasteiger partial charge in [-0.1, -0.05) is 6.07 Å². The van der Waals surface area contributed by atoms with Gasteiger partial charge in [0.2, 0.25) is 5.91 Å². The lowest BCUT2D eigenvalue weighted by molar-refractivity contribution is -0.113. The Morgan fingerprint density at radius 3 is 2.62 bits per heavy atom. The minimum Gasteiger partial charge on any atom is -0.507 e. The van der Waals surface area contributed by atoms with Gasteiger partial charge in [0, 0.05) is 6.08 Å². The van der Waals surface area contributed by atoms with E-state index in [9.17, 15) is 14.7 Å². The number of hydrogen-bond donors (Lipinski definition) is 2. The molecule has 0 bridgehead atoms. The molecule has 5 heteroatoms. The van der Waals surface area contributed by atoms with Crippen molar-refractivity contribution in [1.82, 2.24) is 0 Å². The summed E-state index contributed by atoms with van der Waals surface area (Å²) in [5.41, 5.74) is 5.54. The number of carbonyl (C=O) groups excluding carboxylic acids is 2. The summed E-state index contributed by atoms with van der Waals surface area (Å²) in [6.07, 6.45) is 2.59. The Labute approximate surface area is 92.1 Å². The molecule has 0 spiro atoms. The topological polar surface area (TPSA) is 89.6 Å². The molecule has 0 aromatic heterocycles. The van der Waals surface area contributed by atoms with Crippen LogP contribution in [-0.4, -0.2) is 24.1 Å². The summed E-state index contributed by atoms with van der Waals surface area (Å²) >= 11 is 0. The standard InChI is InChI=1S/C11H11NO4/c1-16-11(15)8-4-2-7(6-9(8)13)3-5-10(12)14/h2-6,13H,1H3,(H2,12,14). The monoisotopic (exact) mass is 221 g/mol. The Bertz CT molecular complexity index is 451. The number of ether oxygens (including phenoxy) is 1. The molecule has 1 aromatic carbocycles. The van der Waals surface area contributed by atoms with Crippen LogP contribution < -0.4 is 5.73 Å². The zero-order valence-electron chi connectivity index (χ0n) is 8.64. The Kier molecular flexibility index (Phi) is 3.66. The van der Waals surface area contributed by atoms with E-state index in [1.54, 1.807) is 6.07 Å². The van der Waals surface area contributed by atoms with Crippen LogP contribution in [0.4, 0.5) is 0 Å². The van der Waals surface area contributed by atoms with Crippen molar-refractivity contribution >= 4 is 18.0 Å². The number of aromatic hydroxyl groups is 1. The predicted molar refractivity (Wildman–Crippen MR) is 57.7 cm³/mol. The molecular weight excluding hydrogens is 210 g/mol. The SMILES string of the molecule is COC(=O)c1ccc(C=CC(N)=O)cc1O.